The van der Waals surface area contributed by atoms with Crippen molar-refractivity contribution in [3.8, 4) is 0 Å². The van der Waals surface area contributed by atoms with Crippen molar-refractivity contribution in [2.75, 3.05) is 39.6 Å². The number of hydrogen-bond donors (Lipinski definition) is 2. The summed E-state index contributed by atoms with van der Waals surface area (Å²) in [5.74, 6) is -2.85. The van der Waals surface area contributed by atoms with Gasteiger partial charge in [-0.2, -0.15) is 0 Å². The molecular formula is C20H32O14. The van der Waals surface area contributed by atoms with Crippen molar-refractivity contribution < 1.29 is 67.4 Å². The molecule has 2 N–H and O–H groups in total. The van der Waals surface area contributed by atoms with Gasteiger partial charge in [-0.15, -0.1) is 0 Å². The van der Waals surface area contributed by atoms with Crippen molar-refractivity contribution in [2.24, 2.45) is 0 Å². The Morgan fingerprint density at radius 3 is 1.44 bits per heavy atom. The SMILES string of the molecule is CC(C)(CCOC(=O)CO)OC(=O)CO.CC(C)(CCOC(=O)COC=O)OC(=O)COC=O. The lowest BCUT2D eigenvalue weighted by Crippen LogP contribution is -2.32. The minimum atomic E-state index is -0.880. The maximum absolute atomic E-state index is 11.2. The molecule has 14 nitrogen and oxygen atoms in total. The molecule has 0 bridgehead atoms. The fourth-order valence-corrected chi connectivity index (χ4v) is 1.89. The normalized spacial score (nSPS) is 10.5. The minimum absolute atomic E-state index is 0.00410. The van der Waals surface area contributed by atoms with E-state index in [1.54, 1.807) is 27.7 Å². The smallest absolute Gasteiger partial charge is 0.344 e. The van der Waals surface area contributed by atoms with Crippen LogP contribution in [0.5, 0.6) is 0 Å². The second kappa shape index (κ2) is 18.2. The highest BCUT2D eigenvalue weighted by molar-refractivity contribution is 5.73. The number of carbonyl (C=O) groups excluding carboxylic acids is 6. The second-order valence-corrected chi connectivity index (χ2v) is 7.54. The predicted octanol–water partition coefficient (Wildman–Crippen LogP) is -1.19. The van der Waals surface area contributed by atoms with Crippen molar-refractivity contribution >= 4 is 36.8 Å². The van der Waals surface area contributed by atoms with Crippen molar-refractivity contribution in [3.05, 3.63) is 0 Å². The van der Waals surface area contributed by atoms with Crippen LogP contribution in [0.2, 0.25) is 0 Å². The first-order valence-electron chi connectivity index (χ1n) is 9.89. The third-order valence-electron chi connectivity index (χ3n) is 3.51. The summed E-state index contributed by atoms with van der Waals surface area (Å²) in [6, 6.07) is 0. The third-order valence-corrected chi connectivity index (χ3v) is 3.51. The third kappa shape index (κ3) is 20.6. The zero-order valence-electron chi connectivity index (χ0n) is 19.6. The molecule has 0 fully saturated rings. The summed E-state index contributed by atoms with van der Waals surface area (Å²) in [5, 5.41) is 16.8. The quantitative estimate of drug-likeness (QED) is 0.147. The number of carbonyl (C=O) groups is 6. The van der Waals surface area contributed by atoms with E-state index in [1.807, 2.05) is 0 Å². The number of rotatable bonds is 16. The Morgan fingerprint density at radius 1 is 0.647 bits per heavy atom. The fraction of sp³-hybridized carbons (Fsp3) is 0.700. The average Bonchev–Trinajstić information content (AvgIpc) is 2.75. The summed E-state index contributed by atoms with van der Waals surface area (Å²) < 4.78 is 27.6. The molecule has 0 amide bonds. The van der Waals surface area contributed by atoms with Gasteiger partial charge in [-0.1, -0.05) is 0 Å². The summed E-state index contributed by atoms with van der Waals surface area (Å²) in [5.41, 5.74) is -1.69. The van der Waals surface area contributed by atoms with Crippen molar-refractivity contribution in [1.82, 2.24) is 0 Å². The topological polar surface area (TPSA) is 198 Å². The van der Waals surface area contributed by atoms with Gasteiger partial charge in [-0.25, -0.2) is 19.2 Å². The van der Waals surface area contributed by atoms with Crippen LogP contribution in [0.3, 0.4) is 0 Å². The van der Waals surface area contributed by atoms with E-state index in [2.05, 4.69) is 14.2 Å². The van der Waals surface area contributed by atoms with E-state index in [0.29, 0.717) is 6.42 Å². The Morgan fingerprint density at radius 2 is 1.03 bits per heavy atom. The van der Waals surface area contributed by atoms with Gasteiger partial charge in [0.25, 0.3) is 12.9 Å². The van der Waals surface area contributed by atoms with Gasteiger partial charge in [0.1, 0.15) is 24.4 Å². The molecule has 0 aliphatic carbocycles. The summed E-state index contributed by atoms with van der Waals surface area (Å²) in [7, 11) is 0. The zero-order valence-corrected chi connectivity index (χ0v) is 19.6. The lowest BCUT2D eigenvalue weighted by molar-refractivity contribution is -0.167. The van der Waals surface area contributed by atoms with Crippen molar-refractivity contribution in [3.63, 3.8) is 0 Å². The summed E-state index contributed by atoms with van der Waals surface area (Å²) >= 11 is 0. The number of aliphatic hydroxyl groups excluding tert-OH is 2. The first-order valence-corrected chi connectivity index (χ1v) is 9.89. The Bertz CT molecular complexity index is 656. The van der Waals surface area contributed by atoms with Gasteiger partial charge < -0.3 is 38.6 Å². The number of hydrogen-bond acceptors (Lipinski definition) is 14. The molecule has 0 aliphatic rings. The lowest BCUT2D eigenvalue weighted by Gasteiger charge is -2.24. The molecule has 0 unspecified atom stereocenters. The Labute approximate surface area is 196 Å². The molecule has 0 aromatic heterocycles. The molecule has 0 saturated heterocycles. The highest BCUT2D eigenvalue weighted by atomic mass is 16.6. The maximum Gasteiger partial charge on any atom is 0.344 e. The van der Waals surface area contributed by atoms with Gasteiger partial charge in [-0.3, -0.25) is 9.59 Å². The molecule has 0 radical (unpaired) electrons. The van der Waals surface area contributed by atoms with E-state index in [0.717, 1.165) is 0 Å². The van der Waals surface area contributed by atoms with E-state index in [9.17, 15) is 28.8 Å². The van der Waals surface area contributed by atoms with Crippen LogP contribution in [0.1, 0.15) is 40.5 Å². The van der Waals surface area contributed by atoms with Gasteiger partial charge in [0.15, 0.2) is 13.2 Å². The van der Waals surface area contributed by atoms with E-state index in [4.69, 9.17) is 24.4 Å². The molecular weight excluding hydrogens is 464 g/mol. The predicted molar refractivity (Wildman–Crippen MR) is 110 cm³/mol. The maximum atomic E-state index is 11.2. The first-order chi connectivity index (χ1) is 15.8. The van der Waals surface area contributed by atoms with Crippen LogP contribution >= 0.6 is 0 Å². The molecule has 14 heteroatoms. The van der Waals surface area contributed by atoms with Crippen molar-refractivity contribution in [1.29, 1.82) is 0 Å². The molecule has 0 aromatic rings. The van der Waals surface area contributed by atoms with Gasteiger partial charge in [0.05, 0.1) is 13.2 Å². The molecule has 196 valence electrons. The molecule has 0 saturated carbocycles. The van der Waals surface area contributed by atoms with Gasteiger partial charge in [-0.05, 0) is 27.7 Å². The zero-order chi connectivity index (χ0) is 26.6. The largest absolute Gasteiger partial charge is 0.464 e. The van der Waals surface area contributed by atoms with Crippen LogP contribution in [0, 0.1) is 0 Å². The number of ether oxygens (including phenoxy) is 6. The van der Waals surface area contributed by atoms with E-state index in [-0.39, 0.29) is 32.6 Å². The Balaban J connectivity index is 0. The summed E-state index contributed by atoms with van der Waals surface area (Å²) in [6.45, 7) is 4.53. The molecule has 34 heavy (non-hydrogen) atoms. The van der Waals surface area contributed by atoms with Crippen LogP contribution in [-0.4, -0.2) is 97.9 Å². The highest BCUT2D eigenvalue weighted by Crippen LogP contribution is 2.15. The van der Waals surface area contributed by atoms with Gasteiger partial charge in [0, 0.05) is 12.8 Å². The molecule has 0 spiro atoms. The number of esters is 4. The second-order valence-electron chi connectivity index (χ2n) is 7.54. The Kier molecular flexibility index (Phi) is 17.6. The average molecular weight is 496 g/mol. The lowest BCUT2D eigenvalue weighted by atomic mass is 10.1. The molecule has 0 atom stereocenters. The minimum Gasteiger partial charge on any atom is -0.464 e. The number of aliphatic hydroxyl groups is 2. The first kappa shape index (κ1) is 32.9. The van der Waals surface area contributed by atoms with E-state index < -0.39 is 61.5 Å². The van der Waals surface area contributed by atoms with Crippen molar-refractivity contribution in [2.45, 2.75) is 51.7 Å². The molecule has 0 rings (SSSR count). The van der Waals surface area contributed by atoms with E-state index >= 15 is 0 Å². The molecule has 0 heterocycles. The fourth-order valence-electron chi connectivity index (χ4n) is 1.89. The van der Waals surface area contributed by atoms with Crippen LogP contribution in [-0.2, 0) is 57.2 Å². The monoisotopic (exact) mass is 496 g/mol. The summed E-state index contributed by atoms with van der Waals surface area (Å²) in [6.07, 6.45) is 0.539. The van der Waals surface area contributed by atoms with Crippen LogP contribution in [0.25, 0.3) is 0 Å². The highest BCUT2D eigenvalue weighted by Gasteiger charge is 2.24. The van der Waals surface area contributed by atoms with E-state index in [1.165, 1.54) is 0 Å². The molecule has 0 aromatic carbocycles. The summed E-state index contributed by atoms with van der Waals surface area (Å²) in [4.78, 5) is 63.2. The van der Waals surface area contributed by atoms with Crippen LogP contribution < -0.4 is 0 Å². The van der Waals surface area contributed by atoms with Crippen LogP contribution in [0.15, 0.2) is 0 Å². The van der Waals surface area contributed by atoms with Crippen LogP contribution in [0.4, 0.5) is 0 Å². The standard InChI is InChI=1S/C11H16O8.C9H16O6/c1-11(2,19-10(15)6-17-8-13)3-4-18-9(14)5-16-7-12;1-9(2,15-8(13)6-11)3-4-14-7(12)5-10/h7-8H,3-6H2,1-2H3;10-11H,3-6H2,1-2H3. The molecule has 0 aliphatic heterocycles. The van der Waals surface area contributed by atoms with Gasteiger partial charge >= 0.3 is 23.9 Å². The Hall–Kier alpha value is -3.26. The van der Waals surface area contributed by atoms with Gasteiger partial charge in [0.2, 0.25) is 0 Å².